The first kappa shape index (κ1) is 22.7. The van der Waals surface area contributed by atoms with Crippen molar-refractivity contribution in [3.63, 3.8) is 0 Å². The molecule has 33 heavy (non-hydrogen) atoms. The van der Waals surface area contributed by atoms with E-state index in [4.69, 9.17) is 0 Å². The predicted molar refractivity (Wildman–Crippen MR) is 128 cm³/mol. The molecule has 4 fully saturated rings. The molecular weight excluding hydrogens is 438 g/mol. The average Bonchev–Trinajstić information content (AvgIpc) is 3.39. The lowest BCUT2D eigenvalue weighted by molar-refractivity contribution is -0.139. The van der Waals surface area contributed by atoms with Gasteiger partial charge in [-0.1, -0.05) is 44.4 Å². The van der Waals surface area contributed by atoms with E-state index in [1.165, 1.54) is 6.42 Å². The first-order valence-electron chi connectivity index (χ1n) is 12.2. The largest absolute Gasteiger partial charge is 0.395 e. The lowest BCUT2D eigenvalue weighted by atomic mass is 9.65. The number of carbonyl (C=O) groups is 3. The van der Waals surface area contributed by atoms with Gasteiger partial charge in [0.25, 0.3) is 0 Å². The van der Waals surface area contributed by atoms with E-state index in [9.17, 15) is 19.5 Å². The number of nitrogens with zero attached hydrogens (tertiary/aromatic N) is 1. The van der Waals surface area contributed by atoms with Crippen molar-refractivity contribution in [3.8, 4) is 0 Å². The summed E-state index contributed by atoms with van der Waals surface area (Å²) in [6, 6.07) is 8.79. The number of amides is 3. The number of hydrogen-bond acceptors (Lipinski definition) is 5. The third-order valence-electron chi connectivity index (χ3n) is 8.13. The lowest BCUT2D eigenvalue weighted by Gasteiger charge is -2.39. The number of aliphatic hydroxyl groups excluding tert-OH is 1. The molecule has 0 aromatic heterocycles. The molecule has 8 heteroatoms. The van der Waals surface area contributed by atoms with Crippen LogP contribution in [0, 0.1) is 17.8 Å². The molecular formula is C25H33N3O4S. The van der Waals surface area contributed by atoms with Gasteiger partial charge in [-0.25, -0.2) is 0 Å². The van der Waals surface area contributed by atoms with Crippen LogP contribution in [0.15, 0.2) is 30.3 Å². The molecule has 178 valence electrons. The normalized spacial score (nSPS) is 35.5. The number of anilines is 1. The third kappa shape index (κ3) is 3.66. The maximum Gasteiger partial charge on any atom is 0.244 e. The van der Waals surface area contributed by atoms with Crippen molar-refractivity contribution in [1.29, 1.82) is 0 Å². The van der Waals surface area contributed by atoms with Crippen LogP contribution in [0.4, 0.5) is 5.69 Å². The summed E-state index contributed by atoms with van der Waals surface area (Å²) in [6.45, 7) is 2.03. The van der Waals surface area contributed by atoms with Crippen molar-refractivity contribution >= 4 is 35.2 Å². The number of thioether (sulfide) groups is 1. The Hall–Kier alpha value is -2.06. The molecule has 3 saturated heterocycles. The van der Waals surface area contributed by atoms with E-state index >= 15 is 0 Å². The van der Waals surface area contributed by atoms with Crippen molar-refractivity contribution in [2.75, 3.05) is 18.5 Å². The predicted octanol–water partition coefficient (Wildman–Crippen LogP) is 2.40. The number of carbonyl (C=O) groups excluding carboxylic acids is 3. The smallest absolute Gasteiger partial charge is 0.244 e. The molecule has 0 radical (unpaired) electrons. The monoisotopic (exact) mass is 471 g/mol. The van der Waals surface area contributed by atoms with E-state index in [0.29, 0.717) is 5.69 Å². The standard InChI is InChI=1S/C25H33N3O4S/c1-15-14-18-19(22(30)26-16-8-4-2-5-9-16)20-24(32)28(12-13-29)21(25(15,20)33-18)23(31)27-17-10-6-3-7-11-17/h2,4-5,8-9,15,17-21,29H,3,6-7,10-14H2,1H3,(H,26,30)(H,27,31)/t15?,18-,19+,20+,21?,25?/m1/s1. The van der Waals surface area contributed by atoms with Crippen LogP contribution in [0.25, 0.3) is 0 Å². The number of benzene rings is 1. The Morgan fingerprint density at radius 2 is 1.88 bits per heavy atom. The van der Waals surface area contributed by atoms with Crippen LogP contribution in [-0.2, 0) is 14.4 Å². The van der Waals surface area contributed by atoms with Crippen molar-refractivity contribution in [1.82, 2.24) is 10.2 Å². The number of hydrogen-bond donors (Lipinski definition) is 3. The Morgan fingerprint density at radius 1 is 1.15 bits per heavy atom. The van der Waals surface area contributed by atoms with Crippen LogP contribution < -0.4 is 10.6 Å². The minimum atomic E-state index is -0.649. The van der Waals surface area contributed by atoms with Crippen LogP contribution in [0.1, 0.15) is 45.4 Å². The van der Waals surface area contributed by atoms with Gasteiger partial charge in [0.15, 0.2) is 0 Å². The zero-order valence-corrected chi connectivity index (χ0v) is 19.9. The molecule has 3 unspecified atom stereocenters. The summed E-state index contributed by atoms with van der Waals surface area (Å²) in [5.41, 5.74) is 0.710. The van der Waals surface area contributed by atoms with Gasteiger partial charge in [-0.3, -0.25) is 14.4 Å². The summed E-state index contributed by atoms with van der Waals surface area (Å²) in [5, 5.41) is 16.0. The topological polar surface area (TPSA) is 98.7 Å². The van der Waals surface area contributed by atoms with Crippen molar-refractivity contribution in [3.05, 3.63) is 30.3 Å². The van der Waals surface area contributed by atoms with Crippen LogP contribution in [-0.4, -0.2) is 63.0 Å². The van der Waals surface area contributed by atoms with E-state index in [2.05, 4.69) is 17.6 Å². The fourth-order valence-corrected chi connectivity index (χ4v) is 9.16. The number of rotatable bonds is 6. The minimum absolute atomic E-state index is 0.0129. The van der Waals surface area contributed by atoms with Crippen LogP contribution in [0.5, 0.6) is 0 Å². The van der Waals surface area contributed by atoms with Gasteiger partial charge in [-0.05, 0) is 37.3 Å². The number of likely N-dealkylation sites (tertiary alicyclic amines) is 1. The van der Waals surface area contributed by atoms with E-state index in [-0.39, 0.29) is 48.1 Å². The van der Waals surface area contributed by atoms with Crippen molar-refractivity contribution in [2.24, 2.45) is 17.8 Å². The molecule has 2 bridgehead atoms. The lowest BCUT2D eigenvalue weighted by Crippen LogP contribution is -2.58. The average molecular weight is 472 g/mol. The van der Waals surface area contributed by atoms with E-state index < -0.39 is 22.6 Å². The number of para-hydroxylation sites is 1. The molecule has 1 spiro atoms. The van der Waals surface area contributed by atoms with E-state index in [0.717, 1.165) is 32.1 Å². The Bertz CT molecular complexity index is 921. The van der Waals surface area contributed by atoms with Gasteiger partial charge in [0.1, 0.15) is 6.04 Å². The molecule has 1 saturated carbocycles. The number of aliphatic hydroxyl groups is 1. The first-order chi connectivity index (χ1) is 16.0. The number of nitrogens with one attached hydrogen (secondary N) is 2. The molecule has 3 N–H and O–H groups in total. The van der Waals surface area contributed by atoms with Crippen molar-refractivity contribution in [2.45, 2.75) is 67.5 Å². The fraction of sp³-hybridized carbons (Fsp3) is 0.640. The van der Waals surface area contributed by atoms with Gasteiger partial charge in [0, 0.05) is 23.5 Å². The Labute approximate surface area is 199 Å². The molecule has 6 atom stereocenters. The second kappa shape index (κ2) is 8.95. The summed E-state index contributed by atoms with van der Waals surface area (Å²) in [5.74, 6) is -1.32. The molecule has 3 aliphatic heterocycles. The highest BCUT2D eigenvalue weighted by Crippen LogP contribution is 2.68. The summed E-state index contributed by atoms with van der Waals surface area (Å²) in [4.78, 5) is 42.4. The second-order valence-corrected chi connectivity index (χ2v) is 11.6. The molecule has 1 aromatic carbocycles. The molecule has 3 amide bonds. The molecule has 4 aliphatic rings. The summed E-state index contributed by atoms with van der Waals surface area (Å²) >= 11 is 1.67. The first-order valence-corrected chi connectivity index (χ1v) is 13.1. The van der Waals surface area contributed by atoms with Gasteiger partial charge in [-0.15, -0.1) is 11.8 Å². The molecule has 7 nitrogen and oxygen atoms in total. The fourth-order valence-electron chi connectivity index (χ4n) is 6.74. The van der Waals surface area contributed by atoms with Crippen LogP contribution in [0.3, 0.4) is 0 Å². The highest BCUT2D eigenvalue weighted by molar-refractivity contribution is 8.02. The quantitative estimate of drug-likeness (QED) is 0.592. The SMILES string of the molecule is CC1C[C@H]2SC13C(C(=O)NC1CCCCC1)N(CCO)C(=O)[C@@H]3[C@H]2C(=O)Nc1ccccc1. The van der Waals surface area contributed by atoms with Gasteiger partial charge < -0.3 is 20.6 Å². The zero-order valence-electron chi connectivity index (χ0n) is 19.0. The second-order valence-electron chi connectivity index (χ2n) is 10.0. The minimum Gasteiger partial charge on any atom is -0.395 e. The molecule has 1 aliphatic carbocycles. The highest BCUT2D eigenvalue weighted by Gasteiger charge is 2.75. The van der Waals surface area contributed by atoms with Crippen LogP contribution >= 0.6 is 11.8 Å². The molecule has 1 aromatic rings. The Morgan fingerprint density at radius 3 is 2.58 bits per heavy atom. The Kier molecular flexibility index (Phi) is 6.16. The molecule has 3 heterocycles. The van der Waals surface area contributed by atoms with Gasteiger partial charge >= 0.3 is 0 Å². The molecule has 5 rings (SSSR count). The number of fused-ring (bicyclic) bond motifs is 1. The van der Waals surface area contributed by atoms with Crippen LogP contribution in [0.2, 0.25) is 0 Å². The third-order valence-corrected chi connectivity index (χ3v) is 10.2. The van der Waals surface area contributed by atoms with E-state index in [1.807, 2.05) is 30.3 Å². The highest BCUT2D eigenvalue weighted by atomic mass is 32.2. The maximum absolute atomic E-state index is 13.7. The maximum atomic E-state index is 13.7. The Balaban J connectivity index is 1.45. The summed E-state index contributed by atoms with van der Waals surface area (Å²) in [7, 11) is 0. The summed E-state index contributed by atoms with van der Waals surface area (Å²) in [6.07, 6.45) is 6.16. The van der Waals surface area contributed by atoms with Gasteiger partial charge in [-0.2, -0.15) is 0 Å². The zero-order chi connectivity index (χ0) is 23.2. The van der Waals surface area contributed by atoms with Gasteiger partial charge in [0.2, 0.25) is 17.7 Å². The van der Waals surface area contributed by atoms with Gasteiger partial charge in [0.05, 0.1) is 23.2 Å². The van der Waals surface area contributed by atoms with E-state index in [1.54, 1.807) is 16.7 Å². The number of β-amino-alcohol motifs (C(OH)–C–C–N with tert-alkyl or cyclic N) is 1. The van der Waals surface area contributed by atoms with Crippen molar-refractivity contribution < 1.29 is 19.5 Å². The summed E-state index contributed by atoms with van der Waals surface area (Å²) < 4.78 is -0.631.